The Kier molecular flexibility index (Phi) is 6.73. The summed E-state index contributed by atoms with van der Waals surface area (Å²) in [6.45, 7) is 4.40. The second kappa shape index (κ2) is 9.44. The van der Waals surface area contributed by atoms with Gasteiger partial charge in [-0.25, -0.2) is 0 Å². The maximum Gasteiger partial charge on any atom is 0.0249 e. The molecular formula is C26H30. The van der Waals surface area contributed by atoms with Crippen LogP contribution in [0.5, 0.6) is 0 Å². The third-order valence-electron chi connectivity index (χ3n) is 5.66. The van der Waals surface area contributed by atoms with Crippen LogP contribution in [-0.2, 0) is 12.8 Å². The van der Waals surface area contributed by atoms with Crippen molar-refractivity contribution in [2.24, 2.45) is 5.92 Å². The van der Waals surface area contributed by atoms with Gasteiger partial charge in [-0.15, -0.1) is 0 Å². The average molecular weight is 343 g/mol. The third-order valence-corrected chi connectivity index (χ3v) is 5.66. The minimum atomic E-state index is 0.693. The summed E-state index contributed by atoms with van der Waals surface area (Å²) < 4.78 is 0. The smallest absolute Gasteiger partial charge is 0.0249 e. The molecule has 0 N–H and O–H groups in total. The molecule has 134 valence electrons. The van der Waals surface area contributed by atoms with E-state index in [4.69, 9.17) is 0 Å². The highest BCUT2D eigenvalue weighted by Gasteiger charge is 2.20. The standard InChI is InChI=1S/C26H30/c1-3-21-9-11-23(12-10-21)7-5-6-8-24-15-19-26(20-16-24)25-17-13-22(4-2)14-18-25/h6,8-14,17-18,24,26H,3-4,15-16,19-20H2,1-2H3. The van der Waals surface area contributed by atoms with Crippen LogP contribution in [0.15, 0.2) is 60.7 Å². The van der Waals surface area contributed by atoms with E-state index in [1.807, 2.05) is 0 Å². The van der Waals surface area contributed by atoms with Crippen molar-refractivity contribution in [3.05, 3.63) is 82.9 Å². The van der Waals surface area contributed by atoms with Crippen molar-refractivity contribution in [1.82, 2.24) is 0 Å². The lowest BCUT2D eigenvalue weighted by Crippen LogP contribution is -2.11. The van der Waals surface area contributed by atoms with Crippen molar-refractivity contribution in [1.29, 1.82) is 0 Å². The van der Waals surface area contributed by atoms with Gasteiger partial charge >= 0.3 is 0 Å². The van der Waals surface area contributed by atoms with Gasteiger partial charge in [0.05, 0.1) is 0 Å². The molecule has 3 rings (SSSR count). The van der Waals surface area contributed by atoms with E-state index in [0.29, 0.717) is 5.92 Å². The van der Waals surface area contributed by atoms with Crippen LogP contribution in [0.3, 0.4) is 0 Å². The normalized spacial score (nSPS) is 19.9. The summed E-state index contributed by atoms with van der Waals surface area (Å²) in [5.74, 6) is 7.89. The fourth-order valence-corrected chi connectivity index (χ4v) is 3.80. The van der Waals surface area contributed by atoms with Crippen molar-refractivity contribution in [3.63, 3.8) is 0 Å². The van der Waals surface area contributed by atoms with Crippen LogP contribution in [0, 0.1) is 17.8 Å². The molecule has 1 fully saturated rings. The quantitative estimate of drug-likeness (QED) is 0.543. The van der Waals surface area contributed by atoms with E-state index in [2.05, 4.69) is 86.4 Å². The molecule has 1 aliphatic rings. The van der Waals surface area contributed by atoms with E-state index >= 15 is 0 Å². The van der Waals surface area contributed by atoms with Gasteiger partial charge in [0.1, 0.15) is 0 Å². The van der Waals surface area contributed by atoms with Crippen LogP contribution < -0.4 is 0 Å². The average Bonchev–Trinajstić information content (AvgIpc) is 2.72. The molecule has 0 aromatic heterocycles. The van der Waals surface area contributed by atoms with Gasteiger partial charge in [0.2, 0.25) is 0 Å². The monoisotopic (exact) mass is 342 g/mol. The molecule has 0 radical (unpaired) electrons. The predicted octanol–water partition coefficient (Wildman–Crippen LogP) is 6.69. The Labute approximate surface area is 159 Å². The largest absolute Gasteiger partial charge is 0.0730 e. The van der Waals surface area contributed by atoms with E-state index in [1.165, 1.54) is 42.4 Å². The molecule has 0 saturated heterocycles. The lowest BCUT2D eigenvalue weighted by Gasteiger charge is -2.27. The van der Waals surface area contributed by atoms with E-state index in [-0.39, 0.29) is 0 Å². The zero-order valence-corrected chi connectivity index (χ0v) is 16.2. The minimum absolute atomic E-state index is 0.693. The lowest BCUT2D eigenvalue weighted by atomic mass is 9.78. The number of benzene rings is 2. The highest BCUT2D eigenvalue weighted by atomic mass is 14.2. The summed E-state index contributed by atoms with van der Waals surface area (Å²) in [6, 6.07) is 17.9. The Bertz CT molecular complexity index is 758. The van der Waals surface area contributed by atoms with Crippen LogP contribution in [0.2, 0.25) is 0 Å². The minimum Gasteiger partial charge on any atom is -0.0730 e. The fourth-order valence-electron chi connectivity index (χ4n) is 3.80. The first kappa shape index (κ1) is 18.5. The Morgan fingerprint density at radius 2 is 1.38 bits per heavy atom. The molecule has 0 amide bonds. The molecule has 0 atom stereocenters. The number of allylic oxidation sites excluding steroid dienone is 2. The molecule has 0 heteroatoms. The molecule has 0 bridgehead atoms. The van der Waals surface area contributed by atoms with Crippen molar-refractivity contribution in [3.8, 4) is 11.8 Å². The first-order valence-corrected chi connectivity index (χ1v) is 10.1. The molecular weight excluding hydrogens is 312 g/mol. The topological polar surface area (TPSA) is 0 Å². The molecule has 0 nitrogen and oxygen atoms in total. The fraction of sp³-hybridized carbons (Fsp3) is 0.385. The summed E-state index contributed by atoms with van der Waals surface area (Å²) in [6.07, 6.45) is 11.8. The highest BCUT2D eigenvalue weighted by Crippen LogP contribution is 2.36. The Balaban J connectivity index is 1.48. The zero-order valence-electron chi connectivity index (χ0n) is 16.2. The molecule has 0 heterocycles. The van der Waals surface area contributed by atoms with E-state index < -0.39 is 0 Å². The summed E-state index contributed by atoms with van der Waals surface area (Å²) in [7, 11) is 0. The summed E-state index contributed by atoms with van der Waals surface area (Å²) >= 11 is 0. The number of aryl methyl sites for hydroxylation is 2. The number of rotatable bonds is 4. The van der Waals surface area contributed by atoms with Crippen LogP contribution in [0.4, 0.5) is 0 Å². The van der Waals surface area contributed by atoms with Crippen molar-refractivity contribution < 1.29 is 0 Å². The Hall–Kier alpha value is -2.26. The van der Waals surface area contributed by atoms with Gasteiger partial charge in [-0.2, -0.15) is 0 Å². The molecule has 1 aliphatic carbocycles. The van der Waals surface area contributed by atoms with Gasteiger partial charge in [-0.05, 0) is 85.3 Å². The number of hydrogen-bond acceptors (Lipinski definition) is 0. The van der Waals surface area contributed by atoms with E-state index in [0.717, 1.165) is 24.3 Å². The van der Waals surface area contributed by atoms with Crippen LogP contribution in [0.1, 0.15) is 67.7 Å². The number of hydrogen-bond donors (Lipinski definition) is 0. The molecule has 0 spiro atoms. The van der Waals surface area contributed by atoms with E-state index in [9.17, 15) is 0 Å². The second-order valence-corrected chi connectivity index (χ2v) is 7.39. The molecule has 2 aromatic carbocycles. The van der Waals surface area contributed by atoms with Crippen LogP contribution in [0.25, 0.3) is 0 Å². The molecule has 2 aromatic rings. The van der Waals surface area contributed by atoms with Gasteiger partial charge in [-0.3, -0.25) is 0 Å². The van der Waals surface area contributed by atoms with Crippen molar-refractivity contribution in [2.75, 3.05) is 0 Å². The summed E-state index contributed by atoms with van der Waals surface area (Å²) in [5.41, 5.74) is 5.44. The van der Waals surface area contributed by atoms with Gasteiger partial charge in [-0.1, -0.05) is 68.2 Å². The lowest BCUT2D eigenvalue weighted by molar-refractivity contribution is 0.376. The first-order valence-electron chi connectivity index (χ1n) is 10.1. The van der Waals surface area contributed by atoms with Crippen LogP contribution >= 0.6 is 0 Å². The third kappa shape index (κ3) is 5.12. The molecule has 0 unspecified atom stereocenters. The molecule has 26 heavy (non-hydrogen) atoms. The molecule has 0 aliphatic heterocycles. The zero-order chi connectivity index (χ0) is 18.2. The predicted molar refractivity (Wildman–Crippen MR) is 112 cm³/mol. The van der Waals surface area contributed by atoms with Crippen molar-refractivity contribution >= 4 is 0 Å². The van der Waals surface area contributed by atoms with Gasteiger partial charge in [0.15, 0.2) is 0 Å². The Morgan fingerprint density at radius 1 is 0.808 bits per heavy atom. The summed E-state index contributed by atoms with van der Waals surface area (Å²) in [4.78, 5) is 0. The van der Waals surface area contributed by atoms with Gasteiger partial charge < -0.3 is 0 Å². The highest BCUT2D eigenvalue weighted by molar-refractivity contribution is 5.38. The van der Waals surface area contributed by atoms with Crippen LogP contribution in [-0.4, -0.2) is 0 Å². The van der Waals surface area contributed by atoms with E-state index in [1.54, 1.807) is 0 Å². The maximum atomic E-state index is 3.24. The van der Waals surface area contributed by atoms with Gasteiger partial charge in [0, 0.05) is 5.56 Å². The Morgan fingerprint density at radius 3 is 1.96 bits per heavy atom. The maximum absolute atomic E-state index is 3.24. The van der Waals surface area contributed by atoms with Crippen molar-refractivity contribution in [2.45, 2.75) is 58.3 Å². The van der Waals surface area contributed by atoms with Gasteiger partial charge in [0.25, 0.3) is 0 Å². The second-order valence-electron chi connectivity index (χ2n) is 7.39. The molecule has 1 saturated carbocycles. The summed E-state index contributed by atoms with van der Waals surface area (Å²) in [5, 5.41) is 0. The SMILES string of the molecule is CCc1ccc(C#CC=CC2CCC(c3ccc(CC)cc3)CC2)cc1. The first-order chi connectivity index (χ1) is 12.8.